The summed E-state index contributed by atoms with van der Waals surface area (Å²) in [6.45, 7) is 8.65. The SMILES string of the molecule is CC(Sc1cccc(NC(=O)Cc2ccc(Cl)cc2)c1)C(=O)Nc1sc2c(c1C#N)CCC(C(C)(C)C)C2. The monoisotopic (exact) mass is 565 g/mol. The van der Waals surface area contributed by atoms with Gasteiger partial charge in [-0.05, 0) is 79.0 Å². The number of hydrogen-bond acceptors (Lipinski definition) is 5. The summed E-state index contributed by atoms with van der Waals surface area (Å²) in [4.78, 5) is 27.7. The van der Waals surface area contributed by atoms with E-state index in [9.17, 15) is 14.9 Å². The Kier molecular flexibility index (Phi) is 8.87. The summed E-state index contributed by atoms with van der Waals surface area (Å²) < 4.78 is 0. The van der Waals surface area contributed by atoms with E-state index in [-0.39, 0.29) is 28.9 Å². The van der Waals surface area contributed by atoms with Gasteiger partial charge in [-0.1, -0.05) is 50.6 Å². The molecule has 2 aromatic carbocycles. The first-order valence-electron chi connectivity index (χ1n) is 12.7. The molecule has 8 heteroatoms. The topological polar surface area (TPSA) is 82.0 Å². The highest BCUT2D eigenvalue weighted by Crippen LogP contribution is 2.44. The van der Waals surface area contributed by atoms with Gasteiger partial charge in [0.05, 0.1) is 17.2 Å². The lowest BCUT2D eigenvalue weighted by Gasteiger charge is -2.33. The van der Waals surface area contributed by atoms with Gasteiger partial charge < -0.3 is 10.6 Å². The van der Waals surface area contributed by atoms with Crippen LogP contribution in [0.25, 0.3) is 0 Å². The molecule has 0 aliphatic heterocycles. The quantitative estimate of drug-likeness (QED) is 0.287. The molecule has 1 heterocycles. The van der Waals surface area contributed by atoms with Crippen molar-refractivity contribution >= 4 is 57.2 Å². The van der Waals surface area contributed by atoms with Crippen molar-refractivity contribution in [1.29, 1.82) is 5.26 Å². The number of fused-ring (bicyclic) bond motifs is 1. The molecule has 0 fully saturated rings. The molecule has 5 nitrogen and oxygen atoms in total. The van der Waals surface area contributed by atoms with Gasteiger partial charge >= 0.3 is 0 Å². The number of benzene rings is 2. The molecular formula is C30H32ClN3O2S2. The molecule has 0 bridgehead atoms. The van der Waals surface area contributed by atoms with Gasteiger partial charge in [0.2, 0.25) is 11.8 Å². The van der Waals surface area contributed by atoms with Gasteiger partial charge in [0.15, 0.2) is 0 Å². The summed E-state index contributed by atoms with van der Waals surface area (Å²) >= 11 is 8.88. The largest absolute Gasteiger partial charge is 0.326 e. The Labute approximate surface area is 238 Å². The summed E-state index contributed by atoms with van der Waals surface area (Å²) in [6, 6.07) is 17.0. The third kappa shape index (κ3) is 6.99. The lowest BCUT2D eigenvalue weighted by molar-refractivity contribution is -0.116. The van der Waals surface area contributed by atoms with Crippen molar-refractivity contribution in [3.8, 4) is 6.07 Å². The van der Waals surface area contributed by atoms with E-state index in [2.05, 4.69) is 37.5 Å². The number of nitriles is 1. The molecule has 198 valence electrons. The number of anilines is 2. The van der Waals surface area contributed by atoms with Gasteiger partial charge in [0.1, 0.15) is 11.1 Å². The molecule has 1 aromatic heterocycles. The van der Waals surface area contributed by atoms with Gasteiger partial charge in [-0.25, -0.2) is 0 Å². The Bertz CT molecular complexity index is 1370. The number of carbonyl (C=O) groups is 2. The molecule has 2 N–H and O–H groups in total. The van der Waals surface area contributed by atoms with Crippen molar-refractivity contribution in [3.05, 3.63) is 75.1 Å². The van der Waals surface area contributed by atoms with Gasteiger partial charge in [0, 0.05) is 20.5 Å². The molecule has 0 saturated heterocycles. The first-order chi connectivity index (χ1) is 18.0. The lowest BCUT2D eigenvalue weighted by Crippen LogP contribution is -2.26. The summed E-state index contributed by atoms with van der Waals surface area (Å²) in [5, 5.41) is 16.7. The van der Waals surface area contributed by atoms with Gasteiger partial charge in [-0.15, -0.1) is 23.1 Å². The zero-order chi connectivity index (χ0) is 27.4. The van der Waals surface area contributed by atoms with Crippen molar-refractivity contribution in [2.75, 3.05) is 10.6 Å². The molecule has 0 radical (unpaired) electrons. The molecule has 38 heavy (non-hydrogen) atoms. The third-order valence-electron chi connectivity index (χ3n) is 6.92. The minimum atomic E-state index is -0.386. The molecule has 1 aliphatic rings. The second kappa shape index (κ2) is 11.9. The number of thioether (sulfide) groups is 1. The van der Waals surface area contributed by atoms with E-state index < -0.39 is 0 Å². The highest BCUT2D eigenvalue weighted by Gasteiger charge is 2.32. The fourth-order valence-electron chi connectivity index (χ4n) is 4.64. The van der Waals surface area contributed by atoms with Gasteiger partial charge in [-0.3, -0.25) is 9.59 Å². The van der Waals surface area contributed by atoms with Crippen LogP contribution in [0.4, 0.5) is 10.7 Å². The van der Waals surface area contributed by atoms with Gasteiger partial charge in [0.25, 0.3) is 0 Å². The lowest BCUT2D eigenvalue weighted by atomic mass is 9.72. The minimum absolute atomic E-state index is 0.125. The van der Waals surface area contributed by atoms with Crippen LogP contribution in [0.15, 0.2) is 53.4 Å². The van der Waals surface area contributed by atoms with Crippen LogP contribution in [-0.2, 0) is 28.9 Å². The molecule has 2 atom stereocenters. The fourth-order valence-corrected chi connectivity index (χ4v) is 6.98. The van der Waals surface area contributed by atoms with E-state index >= 15 is 0 Å². The van der Waals surface area contributed by atoms with E-state index in [0.717, 1.165) is 35.3 Å². The first-order valence-corrected chi connectivity index (χ1v) is 14.8. The minimum Gasteiger partial charge on any atom is -0.326 e. The first kappa shape index (κ1) is 28.2. The van der Waals surface area contributed by atoms with Crippen molar-refractivity contribution in [2.45, 2.75) is 63.5 Å². The van der Waals surface area contributed by atoms with Crippen LogP contribution in [0.5, 0.6) is 0 Å². The summed E-state index contributed by atoms with van der Waals surface area (Å²) in [5.41, 5.74) is 3.49. The highest BCUT2D eigenvalue weighted by atomic mass is 35.5. The number of rotatable bonds is 7. The molecular weight excluding hydrogens is 534 g/mol. The number of halogens is 1. The Balaban J connectivity index is 1.38. The molecule has 0 spiro atoms. The van der Waals surface area contributed by atoms with Gasteiger partial charge in [-0.2, -0.15) is 5.26 Å². The Morgan fingerprint density at radius 1 is 1.18 bits per heavy atom. The maximum absolute atomic E-state index is 13.1. The van der Waals surface area contributed by atoms with Crippen LogP contribution in [0, 0.1) is 22.7 Å². The van der Waals surface area contributed by atoms with Crippen molar-refractivity contribution in [2.24, 2.45) is 11.3 Å². The second-order valence-electron chi connectivity index (χ2n) is 10.8. The normalized spacial score (nSPS) is 15.7. The van der Waals surface area contributed by atoms with E-state index in [1.165, 1.54) is 16.6 Å². The predicted octanol–water partition coefficient (Wildman–Crippen LogP) is 7.72. The van der Waals surface area contributed by atoms with E-state index in [1.54, 1.807) is 23.5 Å². The van der Waals surface area contributed by atoms with Crippen molar-refractivity contribution < 1.29 is 9.59 Å². The van der Waals surface area contributed by atoms with E-state index in [0.29, 0.717) is 27.2 Å². The average molecular weight is 566 g/mol. The molecule has 2 unspecified atom stereocenters. The molecule has 4 rings (SSSR count). The van der Waals surface area contributed by atoms with Crippen LogP contribution in [0.2, 0.25) is 5.02 Å². The number of amides is 2. The summed E-state index contributed by atoms with van der Waals surface area (Å²) in [5.74, 6) is 0.298. The van der Waals surface area contributed by atoms with Crippen LogP contribution in [-0.4, -0.2) is 17.1 Å². The number of nitrogens with one attached hydrogen (secondary N) is 2. The fraction of sp³-hybridized carbons (Fsp3) is 0.367. The Morgan fingerprint density at radius 3 is 2.61 bits per heavy atom. The standard InChI is InChI=1S/C30H32ClN3O2S2/c1-18(28(36)34-29-25(17-32)24-13-10-20(30(2,3)4)15-26(24)38-29)37-23-7-5-6-22(16-23)33-27(35)14-19-8-11-21(31)12-9-19/h5-9,11-12,16,18,20H,10,13-15H2,1-4H3,(H,33,35)(H,34,36). The summed E-state index contributed by atoms with van der Waals surface area (Å²) in [7, 11) is 0. The highest BCUT2D eigenvalue weighted by molar-refractivity contribution is 8.00. The average Bonchev–Trinajstić information content (AvgIpc) is 3.21. The number of hydrogen-bond donors (Lipinski definition) is 2. The molecule has 1 aliphatic carbocycles. The van der Waals surface area contributed by atoms with Crippen molar-refractivity contribution in [3.63, 3.8) is 0 Å². The Hall–Kier alpha value is -2.79. The van der Waals surface area contributed by atoms with Crippen LogP contribution < -0.4 is 10.6 Å². The number of carbonyl (C=O) groups excluding carboxylic acids is 2. The number of nitrogens with zero attached hydrogens (tertiary/aromatic N) is 1. The smallest absolute Gasteiger partial charge is 0.238 e. The second-order valence-corrected chi connectivity index (χ2v) is 13.7. The van der Waals surface area contributed by atoms with E-state index in [1.807, 2.05) is 43.3 Å². The zero-order valence-electron chi connectivity index (χ0n) is 22.1. The van der Waals surface area contributed by atoms with E-state index in [4.69, 9.17) is 11.6 Å². The van der Waals surface area contributed by atoms with Crippen LogP contribution in [0.3, 0.4) is 0 Å². The maximum Gasteiger partial charge on any atom is 0.238 e. The van der Waals surface area contributed by atoms with Crippen LogP contribution >= 0.6 is 34.7 Å². The van der Waals surface area contributed by atoms with Crippen molar-refractivity contribution in [1.82, 2.24) is 0 Å². The Morgan fingerprint density at radius 2 is 1.92 bits per heavy atom. The summed E-state index contributed by atoms with van der Waals surface area (Å²) in [6.07, 6.45) is 3.15. The molecule has 0 saturated carbocycles. The zero-order valence-corrected chi connectivity index (χ0v) is 24.4. The third-order valence-corrected chi connectivity index (χ3v) is 9.43. The molecule has 2 amide bonds. The predicted molar refractivity (Wildman–Crippen MR) is 158 cm³/mol. The molecule has 3 aromatic rings. The maximum atomic E-state index is 13.1. The van der Waals surface area contributed by atoms with Crippen LogP contribution in [0.1, 0.15) is 55.7 Å². The number of thiophene rings is 1.